The zero-order valence-corrected chi connectivity index (χ0v) is 17.9. The Morgan fingerprint density at radius 3 is 2.73 bits per heavy atom. The summed E-state index contributed by atoms with van der Waals surface area (Å²) in [7, 11) is 1.60. The fraction of sp³-hybridized carbons (Fsp3) is 0.250. The van der Waals surface area contributed by atoms with Crippen LogP contribution in [0.25, 0.3) is 11.3 Å². The molecule has 0 bridgehead atoms. The van der Waals surface area contributed by atoms with E-state index in [2.05, 4.69) is 0 Å². The van der Waals surface area contributed by atoms with Crippen molar-refractivity contribution >= 4 is 5.97 Å². The van der Waals surface area contributed by atoms with Gasteiger partial charge in [-0.15, -0.1) is 0 Å². The second-order valence-corrected chi connectivity index (χ2v) is 7.57. The van der Waals surface area contributed by atoms with Crippen molar-refractivity contribution in [3.8, 4) is 22.8 Å². The van der Waals surface area contributed by atoms with Crippen molar-refractivity contribution < 1.29 is 32.9 Å². The van der Waals surface area contributed by atoms with Crippen molar-refractivity contribution in [1.29, 1.82) is 0 Å². The third-order valence-corrected chi connectivity index (χ3v) is 5.35. The van der Waals surface area contributed by atoms with E-state index in [1.54, 1.807) is 19.2 Å². The van der Waals surface area contributed by atoms with Crippen LogP contribution in [0, 0.1) is 18.6 Å². The lowest BCUT2D eigenvalue weighted by molar-refractivity contribution is 0.0693. The van der Waals surface area contributed by atoms with E-state index in [-0.39, 0.29) is 5.56 Å². The molecule has 1 N–H and O–H groups in total. The lowest BCUT2D eigenvalue weighted by atomic mass is 10.0. The van der Waals surface area contributed by atoms with E-state index in [1.165, 1.54) is 16.7 Å². The Kier molecular flexibility index (Phi) is 6.15. The number of hydrogen-bond acceptors (Lipinski definition) is 5. The summed E-state index contributed by atoms with van der Waals surface area (Å²) in [6.45, 7) is 2.75. The predicted octanol–water partition coefficient (Wildman–Crippen LogP) is 4.15. The van der Waals surface area contributed by atoms with Gasteiger partial charge >= 0.3 is 5.97 Å². The van der Waals surface area contributed by atoms with E-state index in [9.17, 15) is 23.5 Å². The normalized spacial score (nSPS) is 14.2. The first-order chi connectivity index (χ1) is 15.8. The van der Waals surface area contributed by atoms with Gasteiger partial charge in [-0.1, -0.05) is 12.1 Å². The molecule has 1 aromatic heterocycles. The van der Waals surface area contributed by atoms with E-state index >= 15 is 0 Å². The number of fused-ring (bicyclic) bond motifs is 3. The number of hydrogen-bond donors (Lipinski definition) is 1. The van der Waals surface area contributed by atoms with Crippen LogP contribution in [0.1, 0.15) is 34.1 Å². The molecule has 7 nitrogen and oxygen atoms in total. The molecule has 4 rings (SSSR count). The highest BCUT2D eigenvalue weighted by molar-refractivity contribution is 5.88. The standard InChI is InChI=1S/C24H21F2NO6/c1-13-9-15-18-10-19(28)16(24(29)30)12-27(18)23(14-5-3-6-17(25)22(14)26)33-21(15)11-20(13)32-8-4-7-31-2/h3,5-6,9-12,23H,4,7-8H2,1-2H3,(H,29,30). The molecule has 0 radical (unpaired) electrons. The van der Waals surface area contributed by atoms with Gasteiger partial charge in [0.15, 0.2) is 17.1 Å². The van der Waals surface area contributed by atoms with Crippen LogP contribution in [0.2, 0.25) is 0 Å². The third kappa shape index (κ3) is 4.19. The van der Waals surface area contributed by atoms with Gasteiger partial charge in [0.25, 0.3) is 0 Å². The molecule has 0 saturated heterocycles. The van der Waals surface area contributed by atoms with E-state index in [4.69, 9.17) is 14.2 Å². The second-order valence-electron chi connectivity index (χ2n) is 7.57. The second kappa shape index (κ2) is 9.03. The number of pyridine rings is 1. The fourth-order valence-corrected chi connectivity index (χ4v) is 3.73. The molecule has 0 saturated carbocycles. The minimum atomic E-state index is -1.43. The van der Waals surface area contributed by atoms with Crippen LogP contribution in [0.15, 0.2) is 47.4 Å². The van der Waals surface area contributed by atoms with Gasteiger partial charge in [-0.05, 0) is 24.6 Å². The number of aromatic carboxylic acids is 1. The lowest BCUT2D eigenvalue weighted by Gasteiger charge is -2.32. The Morgan fingerprint density at radius 2 is 2.00 bits per heavy atom. The maximum Gasteiger partial charge on any atom is 0.341 e. The van der Waals surface area contributed by atoms with E-state index in [1.807, 2.05) is 6.92 Å². The van der Waals surface area contributed by atoms with E-state index in [0.29, 0.717) is 42.4 Å². The molecule has 172 valence electrons. The van der Waals surface area contributed by atoms with Gasteiger partial charge < -0.3 is 23.9 Å². The van der Waals surface area contributed by atoms with Gasteiger partial charge in [-0.2, -0.15) is 0 Å². The number of aryl methyl sites for hydroxylation is 1. The first-order valence-corrected chi connectivity index (χ1v) is 10.2. The molecular weight excluding hydrogens is 436 g/mol. The molecule has 0 fully saturated rings. The average Bonchev–Trinajstić information content (AvgIpc) is 2.78. The Labute approximate surface area is 187 Å². The number of ether oxygens (including phenoxy) is 3. The maximum atomic E-state index is 14.7. The first-order valence-electron chi connectivity index (χ1n) is 10.2. The van der Waals surface area contributed by atoms with Gasteiger partial charge in [0.05, 0.1) is 17.9 Å². The number of carbonyl (C=O) groups is 1. The molecule has 0 aliphatic carbocycles. The first kappa shape index (κ1) is 22.5. The largest absolute Gasteiger partial charge is 0.493 e. The van der Waals surface area contributed by atoms with Crippen molar-refractivity contribution in [2.24, 2.45) is 0 Å². The maximum absolute atomic E-state index is 14.7. The number of carboxylic acids is 1. The van der Waals surface area contributed by atoms with Crippen LogP contribution in [0.3, 0.4) is 0 Å². The number of methoxy groups -OCH3 is 1. The molecular formula is C24H21F2NO6. The highest BCUT2D eigenvalue weighted by Gasteiger charge is 2.31. The molecule has 33 heavy (non-hydrogen) atoms. The number of aromatic nitrogens is 1. The molecule has 0 spiro atoms. The Morgan fingerprint density at radius 1 is 1.21 bits per heavy atom. The minimum Gasteiger partial charge on any atom is -0.493 e. The molecule has 1 atom stereocenters. The molecule has 1 aliphatic rings. The number of rotatable bonds is 7. The monoisotopic (exact) mass is 457 g/mol. The number of nitrogens with zero attached hydrogens (tertiary/aromatic N) is 1. The minimum absolute atomic E-state index is 0.148. The lowest BCUT2D eigenvalue weighted by Crippen LogP contribution is -2.28. The van der Waals surface area contributed by atoms with Crippen LogP contribution in [0.4, 0.5) is 8.78 Å². The van der Waals surface area contributed by atoms with Crippen molar-refractivity contribution in [3.05, 3.63) is 81.1 Å². The summed E-state index contributed by atoms with van der Waals surface area (Å²) in [6.07, 6.45) is 0.509. The summed E-state index contributed by atoms with van der Waals surface area (Å²) < 4.78 is 46.9. The van der Waals surface area contributed by atoms with Crippen LogP contribution < -0.4 is 14.9 Å². The SMILES string of the molecule is COCCCOc1cc2c(cc1C)-c1cc(=O)c(C(=O)O)cn1C(c1cccc(F)c1F)O2. The van der Waals surface area contributed by atoms with Gasteiger partial charge in [0, 0.05) is 44.0 Å². The summed E-state index contributed by atoms with van der Waals surface area (Å²) in [5, 5.41) is 9.41. The topological polar surface area (TPSA) is 87.0 Å². The molecule has 9 heteroatoms. The zero-order valence-electron chi connectivity index (χ0n) is 17.9. The van der Waals surface area contributed by atoms with Crippen molar-refractivity contribution in [1.82, 2.24) is 4.57 Å². The summed E-state index contributed by atoms with van der Waals surface area (Å²) in [5.74, 6) is -2.82. The van der Waals surface area contributed by atoms with Crippen molar-refractivity contribution in [2.45, 2.75) is 19.6 Å². The fourth-order valence-electron chi connectivity index (χ4n) is 3.73. The highest BCUT2D eigenvalue weighted by Crippen LogP contribution is 2.43. The smallest absolute Gasteiger partial charge is 0.341 e. The van der Waals surface area contributed by atoms with Gasteiger partial charge in [-0.3, -0.25) is 4.79 Å². The van der Waals surface area contributed by atoms with Crippen LogP contribution >= 0.6 is 0 Å². The van der Waals surface area contributed by atoms with Crippen LogP contribution in [0.5, 0.6) is 11.5 Å². The number of halogens is 2. The van der Waals surface area contributed by atoms with Crippen molar-refractivity contribution in [2.75, 3.05) is 20.3 Å². The molecule has 1 aliphatic heterocycles. The molecule has 1 unspecified atom stereocenters. The summed E-state index contributed by atoms with van der Waals surface area (Å²) in [6, 6.07) is 8.16. The Bertz CT molecular complexity index is 1290. The third-order valence-electron chi connectivity index (χ3n) is 5.35. The summed E-state index contributed by atoms with van der Waals surface area (Å²) in [5.41, 5.74) is 0.198. The molecule has 3 aromatic rings. The quantitative estimate of drug-likeness (QED) is 0.537. The number of carboxylic acid groups (broad SMARTS) is 1. The highest BCUT2D eigenvalue weighted by atomic mass is 19.2. The zero-order chi connectivity index (χ0) is 23.7. The van der Waals surface area contributed by atoms with Crippen LogP contribution in [-0.2, 0) is 4.74 Å². The number of benzene rings is 2. The predicted molar refractivity (Wildman–Crippen MR) is 115 cm³/mol. The van der Waals surface area contributed by atoms with Crippen molar-refractivity contribution in [3.63, 3.8) is 0 Å². The molecule has 2 heterocycles. The van der Waals surface area contributed by atoms with Crippen LogP contribution in [-0.4, -0.2) is 36.0 Å². The molecule has 2 aromatic carbocycles. The molecule has 0 amide bonds. The van der Waals surface area contributed by atoms with E-state index < -0.39 is 34.8 Å². The van der Waals surface area contributed by atoms with Gasteiger partial charge in [0.2, 0.25) is 6.23 Å². The summed E-state index contributed by atoms with van der Waals surface area (Å²) in [4.78, 5) is 24.0. The van der Waals surface area contributed by atoms with Gasteiger partial charge in [0.1, 0.15) is 17.1 Å². The van der Waals surface area contributed by atoms with Gasteiger partial charge in [-0.25, -0.2) is 13.6 Å². The van der Waals surface area contributed by atoms with E-state index in [0.717, 1.165) is 23.9 Å². The Balaban J connectivity index is 1.87. The summed E-state index contributed by atoms with van der Waals surface area (Å²) >= 11 is 0. The average molecular weight is 457 g/mol. The Hall–Kier alpha value is -3.72.